The number of fused-ring (bicyclic) bond motifs is 1. The normalized spacial score (nSPS) is 15.8. The molecule has 1 saturated heterocycles. The van der Waals surface area contributed by atoms with Crippen LogP contribution in [-0.2, 0) is 0 Å². The highest BCUT2D eigenvalue weighted by Crippen LogP contribution is 2.41. The van der Waals surface area contributed by atoms with Crippen molar-refractivity contribution in [2.24, 2.45) is 0 Å². The van der Waals surface area contributed by atoms with Crippen LogP contribution in [0.25, 0.3) is 11.4 Å². The Labute approximate surface area is 141 Å². The Balaban J connectivity index is 1.76. The van der Waals surface area contributed by atoms with Crippen molar-refractivity contribution in [3.8, 4) is 22.9 Å². The number of hydrogen-bond donors (Lipinski definition) is 2. The molecule has 3 heterocycles. The first-order valence-corrected chi connectivity index (χ1v) is 8.53. The number of piperidine rings is 1. The molecule has 1 aromatic rings. The molecule has 1 fully saturated rings. The number of aromatic amines is 1. The van der Waals surface area contributed by atoms with Crippen LogP contribution >= 0.6 is 0 Å². The lowest BCUT2D eigenvalue weighted by Crippen LogP contribution is -2.27. The molecule has 0 spiro atoms. The first-order chi connectivity index (χ1) is 11.7. The van der Waals surface area contributed by atoms with E-state index in [2.05, 4.69) is 10.3 Å². The molecule has 5 nitrogen and oxygen atoms in total. The van der Waals surface area contributed by atoms with Crippen LogP contribution in [0.1, 0.15) is 36.0 Å². The van der Waals surface area contributed by atoms with Gasteiger partial charge in [0.2, 0.25) is 0 Å². The Morgan fingerprint density at radius 1 is 1.04 bits per heavy atom. The van der Waals surface area contributed by atoms with Gasteiger partial charge in [-0.15, -0.1) is 0 Å². The van der Waals surface area contributed by atoms with E-state index >= 15 is 0 Å². The van der Waals surface area contributed by atoms with Crippen LogP contribution in [0.3, 0.4) is 0 Å². The van der Waals surface area contributed by atoms with E-state index in [-0.39, 0.29) is 0 Å². The number of nitrogens with one attached hydrogen (secondary N) is 2. The number of benzene rings is 1. The van der Waals surface area contributed by atoms with Gasteiger partial charge in [-0.1, -0.05) is 18.2 Å². The summed E-state index contributed by atoms with van der Waals surface area (Å²) in [6.07, 6.45) is 2.21. The molecule has 0 aliphatic carbocycles. The van der Waals surface area contributed by atoms with Crippen molar-refractivity contribution in [1.82, 2.24) is 20.3 Å². The van der Waals surface area contributed by atoms with Gasteiger partial charge >= 0.3 is 0 Å². The number of hydrogen-bond acceptors (Lipinski definition) is 4. The molecule has 5 heteroatoms. The molecule has 0 unspecified atom stereocenters. The van der Waals surface area contributed by atoms with Crippen molar-refractivity contribution >= 4 is 0 Å². The number of ether oxygens (including phenoxy) is 1. The predicted octanol–water partition coefficient (Wildman–Crippen LogP) is 3.79. The minimum atomic E-state index is 0.459. The van der Waals surface area contributed by atoms with Crippen LogP contribution in [-0.4, -0.2) is 28.0 Å². The third-order valence-corrected chi connectivity index (χ3v) is 4.60. The molecule has 2 N–H and O–H groups in total. The van der Waals surface area contributed by atoms with Gasteiger partial charge in [-0.2, -0.15) is 0 Å². The molecule has 0 bridgehead atoms. The van der Waals surface area contributed by atoms with Crippen LogP contribution in [0.5, 0.6) is 11.5 Å². The topological polar surface area (TPSA) is 62.8 Å². The number of aromatic nitrogens is 3. The first-order valence-electron chi connectivity index (χ1n) is 8.53. The third kappa shape index (κ3) is 2.76. The summed E-state index contributed by atoms with van der Waals surface area (Å²) in [7, 11) is 0. The average molecular weight is 322 g/mol. The summed E-state index contributed by atoms with van der Waals surface area (Å²) in [6.45, 7) is 6.07. The van der Waals surface area contributed by atoms with Gasteiger partial charge < -0.3 is 15.0 Å². The molecule has 1 aromatic carbocycles. The van der Waals surface area contributed by atoms with Gasteiger partial charge in [0, 0.05) is 5.92 Å². The second-order valence-electron chi connectivity index (χ2n) is 6.40. The fraction of sp³-hybridized carbons (Fsp3) is 0.368. The molecule has 0 saturated carbocycles. The maximum absolute atomic E-state index is 6.13. The molecule has 0 amide bonds. The zero-order valence-electron chi connectivity index (χ0n) is 14.1. The summed E-state index contributed by atoms with van der Waals surface area (Å²) in [6, 6.07) is 9.84. The minimum Gasteiger partial charge on any atom is -0.453 e. The van der Waals surface area contributed by atoms with Crippen molar-refractivity contribution in [3.05, 3.63) is 47.5 Å². The lowest BCUT2D eigenvalue weighted by molar-refractivity contribution is 0.452. The van der Waals surface area contributed by atoms with E-state index in [0.29, 0.717) is 5.92 Å². The van der Waals surface area contributed by atoms with Crippen molar-refractivity contribution in [2.75, 3.05) is 13.1 Å². The zero-order chi connectivity index (χ0) is 16.5. The Bertz CT molecular complexity index is 806. The number of nitrogens with zero attached hydrogens (tertiary/aromatic N) is 2. The van der Waals surface area contributed by atoms with E-state index in [4.69, 9.17) is 14.7 Å². The standard InChI is InChI=1S/C19H22N4O/c1-12-19(24-15-6-4-3-5-7-15)18-17(21-12)16(22-13(2)23-18)14-8-10-20-11-9-14/h3-7,14,20H,8-11H2,1-2H3,(H,22,23). The summed E-state index contributed by atoms with van der Waals surface area (Å²) in [5.74, 6) is 2.99. The van der Waals surface area contributed by atoms with Crippen molar-refractivity contribution < 1.29 is 4.74 Å². The summed E-state index contributed by atoms with van der Waals surface area (Å²) >= 11 is 0. The van der Waals surface area contributed by atoms with Crippen molar-refractivity contribution in [3.63, 3.8) is 0 Å². The van der Waals surface area contributed by atoms with Gasteiger partial charge in [-0.05, 0) is 51.9 Å². The van der Waals surface area contributed by atoms with Gasteiger partial charge in [-0.25, -0.2) is 9.97 Å². The van der Waals surface area contributed by atoms with Crippen molar-refractivity contribution in [2.45, 2.75) is 32.6 Å². The van der Waals surface area contributed by atoms with Crippen LogP contribution < -0.4 is 10.1 Å². The Morgan fingerprint density at radius 2 is 1.79 bits per heavy atom. The monoisotopic (exact) mass is 322 g/mol. The van der Waals surface area contributed by atoms with Crippen LogP contribution in [0.15, 0.2) is 30.3 Å². The fourth-order valence-electron chi connectivity index (χ4n) is 3.42. The summed E-state index contributed by atoms with van der Waals surface area (Å²) in [5.41, 5.74) is 3.91. The average Bonchev–Trinajstić information content (AvgIpc) is 2.92. The van der Waals surface area contributed by atoms with E-state index in [1.54, 1.807) is 0 Å². The lowest BCUT2D eigenvalue weighted by atomic mass is 9.92. The maximum atomic E-state index is 6.13. The molecule has 0 atom stereocenters. The molecular formula is C19H22N4O. The molecule has 124 valence electrons. The Kier molecular flexibility index (Phi) is 3.94. The summed E-state index contributed by atoms with van der Waals surface area (Å²) in [4.78, 5) is 12.9. The number of rotatable bonds is 3. The van der Waals surface area contributed by atoms with Gasteiger partial charge in [-0.3, -0.25) is 0 Å². The molecule has 24 heavy (non-hydrogen) atoms. The van der Waals surface area contributed by atoms with E-state index in [0.717, 1.165) is 66.0 Å². The third-order valence-electron chi connectivity index (χ3n) is 4.60. The zero-order valence-corrected chi connectivity index (χ0v) is 14.1. The molecule has 0 aromatic heterocycles. The fourth-order valence-corrected chi connectivity index (χ4v) is 3.42. The van der Waals surface area contributed by atoms with E-state index < -0.39 is 0 Å². The summed E-state index contributed by atoms with van der Waals surface area (Å²) in [5, 5.41) is 3.42. The molecule has 4 rings (SSSR count). The van der Waals surface area contributed by atoms with Gasteiger partial charge in [0.25, 0.3) is 0 Å². The predicted molar refractivity (Wildman–Crippen MR) is 93.8 cm³/mol. The number of H-pyrrole nitrogens is 1. The molecular weight excluding hydrogens is 300 g/mol. The smallest absolute Gasteiger partial charge is 0.174 e. The SMILES string of the molecule is Cc1nc(C2CCNCC2)c2nc(C)c(Oc3ccccc3)c-2[nH]1. The second-order valence-corrected chi connectivity index (χ2v) is 6.40. The highest BCUT2D eigenvalue weighted by atomic mass is 16.5. The van der Waals surface area contributed by atoms with E-state index in [1.807, 2.05) is 44.2 Å². The molecule has 0 radical (unpaired) electrons. The highest BCUT2D eigenvalue weighted by Gasteiger charge is 2.28. The number of para-hydroxylation sites is 1. The second kappa shape index (κ2) is 6.24. The van der Waals surface area contributed by atoms with Crippen LogP contribution in [0.2, 0.25) is 0 Å². The van der Waals surface area contributed by atoms with Crippen molar-refractivity contribution in [1.29, 1.82) is 0 Å². The van der Waals surface area contributed by atoms with Gasteiger partial charge in [0.15, 0.2) is 5.75 Å². The Hall–Kier alpha value is -2.40. The largest absolute Gasteiger partial charge is 0.453 e. The van der Waals surface area contributed by atoms with E-state index in [9.17, 15) is 0 Å². The Morgan fingerprint density at radius 3 is 2.54 bits per heavy atom. The number of aryl methyl sites for hydroxylation is 2. The highest BCUT2D eigenvalue weighted by molar-refractivity contribution is 5.70. The first kappa shape index (κ1) is 15.1. The van der Waals surface area contributed by atoms with Crippen LogP contribution in [0.4, 0.5) is 0 Å². The summed E-state index contributed by atoms with van der Waals surface area (Å²) < 4.78 is 6.13. The minimum absolute atomic E-state index is 0.459. The quantitative estimate of drug-likeness (QED) is 0.770. The molecule has 3 aliphatic heterocycles. The maximum Gasteiger partial charge on any atom is 0.174 e. The molecule has 3 aliphatic rings. The van der Waals surface area contributed by atoms with Gasteiger partial charge in [0.1, 0.15) is 23.0 Å². The lowest BCUT2D eigenvalue weighted by Gasteiger charge is -2.23. The van der Waals surface area contributed by atoms with Gasteiger partial charge in [0.05, 0.1) is 11.4 Å². The van der Waals surface area contributed by atoms with E-state index in [1.165, 1.54) is 0 Å². The van der Waals surface area contributed by atoms with Crippen LogP contribution in [0, 0.1) is 13.8 Å².